The van der Waals surface area contributed by atoms with Gasteiger partial charge in [0.05, 0.1) is 0 Å². The Bertz CT molecular complexity index is 846. The summed E-state index contributed by atoms with van der Waals surface area (Å²) >= 11 is 5.74. The van der Waals surface area contributed by atoms with Crippen LogP contribution in [0.4, 0.5) is 4.79 Å². The van der Waals surface area contributed by atoms with Gasteiger partial charge in [-0.1, -0.05) is 54.4 Å². The number of nitrogens with one attached hydrogen (secondary N) is 2. The van der Waals surface area contributed by atoms with Gasteiger partial charge in [-0.25, -0.2) is 9.78 Å². The fourth-order valence-electron chi connectivity index (χ4n) is 2.80. The third-order valence-electron chi connectivity index (χ3n) is 4.47. The van der Waals surface area contributed by atoms with Crippen LogP contribution >= 0.6 is 11.6 Å². The van der Waals surface area contributed by atoms with Crippen LogP contribution in [0.25, 0.3) is 0 Å². The summed E-state index contributed by atoms with van der Waals surface area (Å²) in [6, 6.07) is 12.0. The molecule has 3 amide bonds. The van der Waals surface area contributed by atoms with E-state index in [1.165, 1.54) is 0 Å². The normalized spacial score (nSPS) is 11.4. The number of aromatic nitrogens is 1. The van der Waals surface area contributed by atoms with Crippen LogP contribution in [0.3, 0.4) is 0 Å². The van der Waals surface area contributed by atoms with Gasteiger partial charge in [0.2, 0.25) is 11.8 Å². The number of pyridine rings is 1. The number of alkyl carbamates (subject to hydrolysis) is 1. The lowest BCUT2D eigenvalue weighted by molar-refractivity contribution is -0.127. The first-order chi connectivity index (χ1) is 14.9. The first-order valence-corrected chi connectivity index (χ1v) is 10.5. The van der Waals surface area contributed by atoms with Crippen molar-refractivity contribution >= 4 is 29.5 Å². The molecule has 1 aromatic carbocycles. The number of nitrogens with zero attached hydrogens (tertiary/aromatic N) is 1. The number of carbonyl (C=O) groups excluding carboxylic acids is 3. The van der Waals surface area contributed by atoms with E-state index in [0.29, 0.717) is 24.5 Å². The number of benzene rings is 1. The minimum Gasteiger partial charge on any atom is -0.445 e. The van der Waals surface area contributed by atoms with Gasteiger partial charge in [0.15, 0.2) is 0 Å². The van der Waals surface area contributed by atoms with Crippen molar-refractivity contribution in [1.29, 1.82) is 0 Å². The lowest BCUT2D eigenvalue weighted by atomic mass is 10.1. The van der Waals surface area contributed by atoms with Crippen molar-refractivity contribution in [3.63, 3.8) is 0 Å². The van der Waals surface area contributed by atoms with Crippen LogP contribution < -0.4 is 16.4 Å². The van der Waals surface area contributed by atoms with E-state index in [0.717, 1.165) is 17.5 Å². The summed E-state index contributed by atoms with van der Waals surface area (Å²) in [6.45, 7) is 0.683. The van der Waals surface area contributed by atoms with Crippen LogP contribution in [0.2, 0.25) is 5.15 Å². The Labute approximate surface area is 186 Å². The number of unbranched alkanes of at least 4 members (excludes halogenated alkanes) is 2. The van der Waals surface area contributed by atoms with Gasteiger partial charge in [0, 0.05) is 25.6 Å². The van der Waals surface area contributed by atoms with Crippen molar-refractivity contribution in [2.24, 2.45) is 5.73 Å². The van der Waals surface area contributed by atoms with E-state index in [-0.39, 0.29) is 25.4 Å². The summed E-state index contributed by atoms with van der Waals surface area (Å²) in [4.78, 5) is 39.4. The highest BCUT2D eigenvalue weighted by atomic mass is 35.5. The summed E-state index contributed by atoms with van der Waals surface area (Å²) in [5, 5.41) is 5.69. The second kappa shape index (κ2) is 13.2. The van der Waals surface area contributed by atoms with E-state index in [9.17, 15) is 14.4 Å². The molecule has 0 aliphatic rings. The standard InChI is InChI=1S/C22H27ClN4O4/c23-19-11-10-17(14-26-19)13-18(21(24)29)27-20(28)9-5-2-6-12-25-22(30)31-15-16-7-3-1-4-8-16/h1,3-4,7-8,10-11,14,18H,2,5-6,9,12-13,15H2,(H2,24,29)(H,25,30)(H,27,28)/t18-/m1/s1. The molecule has 2 rings (SSSR count). The Balaban J connectivity index is 1.57. The van der Waals surface area contributed by atoms with E-state index in [2.05, 4.69) is 15.6 Å². The summed E-state index contributed by atoms with van der Waals surface area (Å²) < 4.78 is 5.12. The van der Waals surface area contributed by atoms with Gasteiger partial charge in [-0.3, -0.25) is 9.59 Å². The lowest BCUT2D eigenvalue weighted by Gasteiger charge is -2.15. The molecule has 0 fully saturated rings. The highest BCUT2D eigenvalue weighted by molar-refractivity contribution is 6.29. The number of hydrogen-bond acceptors (Lipinski definition) is 5. The Hall–Kier alpha value is -3.13. The Morgan fingerprint density at radius 3 is 2.48 bits per heavy atom. The predicted octanol–water partition coefficient (Wildman–Crippen LogP) is 2.73. The third-order valence-corrected chi connectivity index (χ3v) is 4.69. The minimum atomic E-state index is -0.809. The van der Waals surface area contributed by atoms with Crippen LogP contribution in [0.15, 0.2) is 48.7 Å². The van der Waals surface area contributed by atoms with Gasteiger partial charge in [0.1, 0.15) is 17.8 Å². The molecule has 1 atom stereocenters. The van der Waals surface area contributed by atoms with E-state index in [1.54, 1.807) is 18.3 Å². The van der Waals surface area contributed by atoms with Crippen molar-refractivity contribution in [2.75, 3.05) is 6.54 Å². The fourth-order valence-corrected chi connectivity index (χ4v) is 2.92. The van der Waals surface area contributed by atoms with Crippen molar-refractivity contribution < 1.29 is 19.1 Å². The van der Waals surface area contributed by atoms with Crippen LogP contribution in [0.5, 0.6) is 0 Å². The molecule has 8 nitrogen and oxygen atoms in total. The van der Waals surface area contributed by atoms with Crippen LogP contribution in [0, 0.1) is 0 Å². The van der Waals surface area contributed by atoms with Gasteiger partial charge in [-0.15, -0.1) is 0 Å². The molecule has 1 heterocycles. The molecule has 1 aromatic heterocycles. The van der Waals surface area contributed by atoms with Crippen molar-refractivity contribution in [2.45, 2.75) is 44.8 Å². The fraction of sp³-hybridized carbons (Fsp3) is 0.364. The summed E-state index contributed by atoms with van der Waals surface area (Å²) in [5.74, 6) is -0.859. The summed E-state index contributed by atoms with van der Waals surface area (Å²) in [6.07, 6.45) is 3.67. The number of ether oxygens (including phenoxy) is 1. The zero-order chi connectivity index (χ0) is 22.5. The number of carbonyl (C=O) groups is 3. The molecule has 0 aliphatic carbocycles. The molecule has 2 aromatic rings. The molecule has 4 N–H and O–H groups in total. The number of halogens is 1. The lowest BCUT2D eigenvalue weighted by Crippen LogP contribution is -2.45. The maximum Gasteiger partial charge on any atom is 0.407 e. The maximum absolute atomic E-state index is 12.1. The molecular weight excluding hydrogens is 420 g/mol. The number of primary amides is 1. The number of nitrogens with two attached hydrogens (primary N) is 1. The van der Waals surface area contributed by atoms with Crippen molar-refractivity contribution in [3.8, 4) is 0 Å². The van der Waals surface area contributed by atoms with Crippen LogP contribution in [-0.2, 0) is 27.4 Å². The molecule has 0 radical (unpaired) electrons. The average molecular weight is 447 g/mol. The van der Waals surface area contributed by atoms with Crippen LogP contribution in [0.1, 0.15) is 36.8 Å². The molecular formula is C22H27ClN4O4. The Kier molecular flexibility index (Phi) is 10.3. The summed E-state index contributed by atoms with van der Waals surface area (Å²) in [7, 11) is 0. The molecule has 0 aliphatic heterocycles. The highest BCUT2D eigenvalue weighted by Crippen LogP contribution is 2.08. The van der Waals surface area contributed by atoms with Crippen molar-refractivity contribution in [1.82, 2.24) is 15.6 Å². The average Bonchev–Trinajstić information content (AvgIpc) is 2.76. The molecule has 31 heavy (non-hydrogen) atoms. The van der Waals surface area contributed by atoms with Gasteiger partial charge < -0.3 is 21.1 Å². The van der Waals surface area contributed by atoms with E-state index >= 15 is 0 Å². The zero-order valence-electron chi connectivity index (χ0n) is 17.2. The quantitative estimate of drug-likeness (QED) is 0.341. The zero-order valence-corrected chi connectivity index (χ0v) is 17.9. The smallest absolute Gasteiger partial charge is 0.407 e. The number of hydrogen-bond donors (Lipinski definition) is 3. The molecule has 9 heteroatoms. The largest absolute Gasteiger partial charge is 0.445 e. The maximum atomic E-state index is 12.1. The second-order valence-corrected chi connectivity index (χ2v) is 7.40. The van der Waals surface area contributed by atoms with Gasteiger partial charge >= 0.3 is 6.09 Å². The molecule has 166 valence electrons. The molecule has 0 saturated heterocycles. The predicted molar refractivity (Wildman–Crippen MR) is 117 cm³/mol. The molecule has 0 bridgehead atoms. The summed E-state index contributed by atoms with van der Waals surface area (Å²) in [5.41, 5.74) is 7.07. The van der Waals surface area contributed by atoms with Crippen LogP contribution in [-0.4, -0.2) is 35.5 Å². The van der Waals surface area contributed by atoms with Gasteiger partial charge in [-0.05, 0) is 30.0 Å². The highest BCUT2D eigenvalue weighted by Gasteiger charge is 2.18. The second-order valence-electron chi connectivity index (χ2n) is 7.01. The number of rotatable bonds is 12. The molecule has 0 saturated carbocycles. The first-order valence-electron chi connectivity index (χ1n) is 10.1. The third kappa shape index (κ3) is 9.95. The van der Waals surface area contributed by atoms with Gasteiger partial charge in [-0.2, -0.15) is 0 Å². The monoisotopic (exact) mass is 446 g/mol. The Morgan fingerprint density at radius 1 is 1.03 bits per heavy atom. The van der Waals surface area contributed by atoms with E-state index < -0.39 is 18.0 Å². The van der Waals surface area contributed by atoms with E-state index in [1.807, 2.05) is 30.3 Å². The molecule has 0 spiro atoms. The number of amides is 3. The first kappa shape index (κ1) is 24.1. The molecule has 0 unspecified atom stereocenters. The SMILES string of the molecule is NC(=O)[C@@H](Cc1ccc(Cl)nc1)NC(=O)CCCCCNC(=O)OCc1ccccc1. The minimum absolute atomic E-state index is 0.222. The van der Waals surface area contributed by atoms with Crippen molar-refractivity contribution in [3.05, 3.63) is 64.9 Å². The Morgan fingerprint density at radius 2 is 1.81 bits per heavy atom. The van der Waals surface area contributed by atoms with Gasteiger partial charge in [0.25, 0.3) is 0 Å². The topological polar surface area (TPSA) is 123 Å². The van der Waals surface area contributed by atoms with E-state index in [4.69, 9.17) is 22.1 Å².